The fourth-order valence-electron chi connectivity index (χ4n) is 1.47. The first-order valence-corrected chi connectivity index (χ1v) is 7.39. The summed E-state index contributed by atoms with van der Waals surface area (Å²) in [6.07, 6.45) is 2.82. The highest BCUT2D eigenvalue weighted by Crippen LogP contribution is 2.16. The van der Waals surface area contributed by atoms with Crippen LogP contribution in [0.1, 0.15) is 20.3 Å². The van der Waals surface area contributed by atoms with Crippen LogP contribution in [0, 0.1) is 5.92 Å². The second-order valence-electron chi connectivity index (χ2n) is 5.10. The van der Waals surface area contributed by atoms with E-state index in [-0.39, 0.29) is 5.56 Å². The second kappa shape index (κ2) is 7.65. The van der Waals surface area contributed by atoms with Crippen LogP contribution >= 0.6 is 15.9 Å². The highest BCUT2D eigenvalue weighted by molar-refractivity contribution is 9.10. The normalized spacial score (nSPS) is 12.7. The predicted molar refractivity (Wildman–Crippen MR) is 82.7 cm³/mol. The summed E-state index contributed by atoms with van der Waals surface area (Å²) >= 11 is 3.36. The van der Waals surface area contributed by atoms with Gasteiger partial charge in [-0.2, -0.15) is 5.10 Å². The highest BCUT2D eigenvalue weighted by Gasteiger charge is 2.09. The standard InChI is InChI=1S/C13H23BrN4O/c1-5-10(2)8-15-11-9-16-18(7-6-17(3)4)13(19)12(11)14/h9-10,15H,5-8H2,1-4H3. The molecule has 5 nitrogen and oxygen atoms in total. The summed E-state index contributed by atoms with van der Waals surface area (Å²) in [4.78, 5) is 14.1. The molecule has 0 aliphatic carbocycles. The summed E-state index contributed by atoms with van der Waals surface area (Å²) in [5.41, 5.74) is 0.683. The van der Waals surface area contributed by atoms with E-state index in [4.69, 9.17) is 0 Å². The minimum Gasteiger partial charge on any atom is -0.382 e. The summed E-state index contributed by atoms with van der Waals surface area (Å²) in [6.45, 7) is 6.55. The Bertz CT molecular complexity index is 458. The molecule has 0 spiro atoms. The van der Waals surface area contributed by atoms with E-state index in [0.717, 1.165) is 25.2 Å². The molecule has 0 saturated heterocycles. The summed E-state index contributed by atoms with van der Waals surface area (Å²) in [6, 6.07) is 0. The van der Waals surface area contributed by atoms with Gasteiger partial charge in [0.15, 0.2) is 0 Å². The van der Waals surface area contributed by atoms with Gasteiger partial charge in [0, 0.05) is 13.1 Å². The zero-order chi connectivity index (χ0) is 14.4. The average molecular weight is 331 g/mol. The Labute approximate surface area is 123 Å². The molecule has 0 radical (unpaired) electrons. The Morgan fingerprint density at radius 3 is 2.79 bits per heavy atom. The van der Waals surface area contributed by atoms with Crippen molar-refractivity contribution in [1.82, 2.24) is 14.7 Å². The zero-order valence-electron chi connectivity index (χ0n) is 12.1. The number of hydrogen-bond donors (Lipinski definition) is 1. The molecule has 1 unspecified atom stereocenters. The van der Waals surface area contributed by atoms with Crippen molar-refractivity contribution in [2.45, 2.75) is 26.8 Å². The monoisotopic (exact) mass is 330 g/mol. The molecule has 0 amide bonds. The third-order valence-corrected chi connectivity index (χ3v) is 3.85. The van der Waals surface area contributed by atoms with Crippen molar-refractivity contribution in [3.63, 3.8) is 0 Å². The van der Waals surface area contributed by atoms with Gasteiger partial charge in [0.05, 0.1) is 18.4 Å². The van der Waals surface area contributed by atoms with Crippen molar-refractivity contribution in [3.05, 3.63) is 21.0 Å². The van der Waals surface area contributed by atoms with Crippen molar-refractivity contribution >= 4 is 21.6 Å². The van der Waals surface area contributed by atoms with Gasteiger partial charge >= 0.3 is 0 Å². The Balaban J connectivity index is 2.77. The van der Waals surface area contributed by atoms with Crippen LogP contribution in [0.3, 0.4) is 0 Å². The first kappa shape index (κ1) is 16.2. The van der Waals surface area contributed by atoms with Crippen molar-refractivity contribution in [2.24, 2.45) is 5.92 Å². The minimum atomic E-state index is -0.0870. The van der Waals surface area contributed by atoms with Gasteiger partial charge < -0.3 is 10.2 Å². The largest absolute Gasteiger partial charge is 0.382 e. The van der Waals surface area contributed by atoms with Crippen molar-refractivity contribution < 1.29 is 0 Å². The van der Waals surface area contributed by atoms with E-state index >= 15 is 0 Å². The Morgan fingerprint density at radius 1 is 1.53 bits per heavy atom. The second-order valence-corrected chi connectivity index (χ2v) is 5.89. The molecular formula is C13H23BrN4O. The van der Waals surface area contributed by atoms with Gasteiger partial charge in [-0.3, -0.25) is 4.79 Å². The van der Waals surface area contributed by atoms with Gasteiger partial charge in [-0.1, -0.05) is 20.3 Å². The maximum absolute atomic E-state index is 12.1. The van der Waals surface area contributed by atoms with E-state index in [0.29, 0.717) is 16.9 Å². The van der Waals surface area contributed by atoms with Crippen molar-refractivity contribution in [3.8, 4) is 0 Å². The molecule has 0 aromatic carbocycles. The van der Waals surface area contributed by atoms with Crippen molar-refractivity contribution in [2.75, 3.05) is 32.5 Å². The lowest BCUT2D eigenvalue weighted by Crippen LogP contribution is -2.29. The Kier molecular flexibility index (Phi) is 6.51. The molecule has 1 atom stereocenters. The number of nitrogens with one attached hydrogen (secondary N) is 1. The Morgan fingerprint density at radius 2 is 2.21 bits per heavy atom. The van der Waals surface area contributed by atoms with Gasteiger partial charge in [0.2, 0.25) is 0 Å². The van der Waals surface area contributed by atoms with Gasteiger partial charge in [-0.15, -0.1) is 0 Å². The topological polar surface area (TPSA) is 50.2 Å². The number of hydrogen-bond acceptors (Lipinski definition) is 4. The van der Waals surface area contributed by atoms with Crippen LogP contribution < -0.4 is 10.9 Å². The molecule has 6 heteroatoms. The molecule has 1 N–H and O–H groups in total. The number of anilines is 1. The molecule has 1 heterocycles. The maximum Gasteiger partial charge on any atom is 0.283 e. The van der Waals surface area contributed by atoms with Crippen LogP contribution in [0.4, 0.5) is 5.69 Å². The average Bonchev–Trinajstić information content (AvgIpc) is 2.38. The summed E-state index contributed by atoms with van der Waals surface area (Å²) in [5, 5.41) is 7.46. The molecule has 0 saturated carbocycles. The van der Waals surface area contributed by atoms with Crippen molar-refractivity contribution in [1.29, 1.82) is 0 Å². The van der Waals surface area contributed by atoms with E-state index in [2.05, 4.69) is 40.2 Å². The van der Waals surface area contributed by atoms with Crippen LogP contribution in [0.5, 0.6) is 0 Å². The lowest BCUT2D eigenvalue weighted by Gasteiger charge is -2.14. The first-order valence-electron chi connectivity index (χ1n) is 6.59. The van der Waals surface area contributed by atoms with E-state index in [1.807, 2.05) is 19.0 Å². The van der Waals surface area contributed by atoms with Gasteiger partial charge in [0.25, 0.3) is 5.56 Å². The fourth-order valence-corrected chi connectivity index (χ4v) is 1.92. The minimum absolute atomic E-state index is 0.0870. The van der Waals surface area contributed by atoms with Crippen LogP contribution in [0.25, 0.3) is 0 Å². The SMILES string of the molecule is CCC(C)CNc1cnn(CCN(C)C)c(=O)c1Br. The molecule has 1 rings (SSSR count). The van der Waals surface area contributed by atoms with Crippen LogP contribution in [-0.4, -0.2) is 41.9 Å². The number of halogens is 1. The molecule has 0 bridgehead atoms. The third kappa shape index (κ3) is 4.95. The van der Waals surface area contributed by atoms with E-state index in [1.165, 1.54) is 4.68 Å². The van der Waals surface area contributed by atoms with Crippen LogP contribution in [0.2, 0.25) is 0 Å². The zero-order valence-corrected chi connectivity index (χ0v) is 13.7. The molecule has 0 fully saturated rings. The van der Waals surface area contributed by atoms with E-state index in [9.17, 15) is 4.79 Å². The van der Waals surface area contributed by atoms with Crippen LogP contribution in [-0.2, 0) is 6.54 Å². The van der Waals surface area contributed by atoms with Gasteiger partial charge in [-0.25, -0.2) is 4.68 Å². The summed E-state index contributed by atoms with van der Waals surface area (Å²) in [5.74, 6) is 0.572. The fraction of sp³-hybridized carbons (Fsp3) is 0.692. The maximum atomic E-state index is 12.1. The summed E-state index contributed by atoms with van der Waals surface area (Å²) < 4.78 is 2.04. The molecule has 1 aromatic heterocycles. The van der Waals surface area contributed by atoms with E-state index in [1.54, 1.807) is 6.20 Å². The lowest BCUT2D eigenvalue weighted by atomic mass is 10.1. The third-order valence-electron chi connectivity index (χ3n) is 3.08. The molecule has 19 heavy (non-hydrogen) atoms. The number of aromatic nitrogens is 2. The predicted octanol–water partition coefficient (Wildman–Crippen LogP) is 2.03. The number of rotatable bonds is 7. The molecular weight excluding hydrogens is 308 g/mol. The smallest absolute Gasteiger partial charge is 0.283 e. The molecule has 1 aromatic rings. The lowest BCUT2D eigenvalue weighted by molar-refractivity contribution is 0.367. The Hall–Kier alpha value is -0.880. The molecule has 0 aliphatic heterocycles. The molecule has 0 aliphatic rings. The van der Waals surface area contributed by atoms with Gasteiger partial charge in [-0.05, 0) is 35.9 Å². The van der Waals surface area contributed by atoms with Crippen LogP contribution in [0.15, 0.2) is 15.5 Å². The number of likely N-dealkylation sites (N-methyl/N-ethyl adjacent to an activating group) is 1. The molecule has 108 valence electrons. The van der Waals surface area contributed by atoms with E-state index < -0.39 is 0 Å². The summed E-state index contributed by atoms with van der Waals surface area (Å²) in [7, 11) is 3.95. The first-order chi connectivity index (χ1) is 8.95. The highest BCUT2D eigenvalue weighted by atomic mass is 79.9. The van der Waals surface area contributed by atoms with Gasteiger partial charge in [0.1, 0.15) is 4.47 Å². The number of nitrogens with zero attached hydrogens (tertiary/aromatic N) is 3. The quantitative estimate of drug-likeness (QED) is 0.831.